The van der Waals surface area contributed by atoms with Crippen LogP contribution in [-0.4, -0.2) is 4.98 Å². The lowest BCUT2D eigenvalue weighted by atomic mass is 10.1. The minimum absolute atomic E-state index is 0.0466. The van der Waals surface area contributed by atoms with Crippen LogP contribution in [0.2, 0.25) is 0 Å². The highest BCUT2D eigenvalue weighted by Crippen LogP contribution is 2.30. The molecule has 0 aromatic carbocycles. The number of halogens is 3. The number of hydrogen-bond acceptors (Lipinski definition) is 3. The molecule has 0 aliphatic rings. The lowest BCUT2D eigenvalue weighted by Gasteiger charge is -2.07. The summed E-state index contributed by atoms with van der Waals surface area (Å²) in [5.41, 5.74) is 5.39. The molecule has 1 heterocycles. The van der Waals surface area contributed by atoms with E-state index in [4.69, 9.17) is 11.0 Å². The molecule has 1 aromatic heterocycles. The molecule has 0 aliphatic carbocycles. The number of pyridine rings is 1. The second kappa shape index (κ2) is 4.44. The van der Waals surface area contributed by atoms with Crippen LogP contribution in [0.4, 0.5) is 8.78 Å². The quantitative estimate of drug-likeness (QED) is 0.887. The third-order valence-corrected chi connectivity index (χ3v) is 2.52. The predicted octanol–water partition coefficient (Wildman–Crippen LogP) is 2.11. The summed E-state index contributed by atoms with van der Waals surface area (Å²) in [6, 6.07) is 1.79. The Labute approximate surface area is 87.7 Å². The molecule has 0 saturated carbocycles. The van der Waals surface area contributed by atoms with E-state index in [1.165, 1.54) is 0 Å². The minimum atomic E-state index is -2.66. The highest BCUT2D eigenvalue weighted by Gasteiger charge is 2.17. The van der Waals surface area contributed by atoms with Gasteiger partial charge < -0.3 is 5.73 Å². The van der Waals surface area contributed by atoms with E-state index in [9.17, 15) is 8.78 Å². The maximum absolute atomic E-state index is 12.4. The number of nitrogens with zero attached hydrogens (tertiary/aromatic N) is 2. The molecule has 0 amide bonds. The highest BCUT2D eigenvalue weighted by molar-refractivity contribution is 9.10. The third kappa shape index (κ3) is 1.89. The lowest BCUT2D eigenvalue weighted by Crippen LogP contribution is -2.05. The lowest BCUT2D eigenvalue weighted by molar-refractivity contribution is 0.150. The average Bonchev–Trinajstić information content (AvgIpc) is 2.16. The smallest absolute Gasteiger partial charge is 0.266 e. The van der Waals surface area contributed by atoms with Gasteiger partial charge in [-0.15, -0.1) is 0 Å². The Balaban J connectivity index is 3.37. The summed E-state index contributed by atoms with van der Waals surface area (Å²) < 4.78 is 24.8. The van der Waals surface area contributed by atoms with Gasteiger partial charge in [0, 0.05) is 17.2 Å². The summed E-state index contributed by atoms with van der Waals surface area (Å²) in [5.74, 6) is 0. The van der Waals surface area contributed by atoms with Crippen molar-refractivity contribution in [3.8, 4) is 6.07 Å². The molecule has 2 N–H and O–H groups in total. The first-order valence-corrected chi connectivity index (χ1v) is 4.46. The van der Waals surface area contributed by atoms with Crippen molar-refractivity contribution in [3.05, 3.63) is 27.5 Å². The highest BCUT2D eigenvalue weighted by atomic mass is 79.9. The van der Waals surface area contributed by atoms with Crippen LogP contribution in [0.3, 0.4) is 0 Å². The van der Waals surface area contributed by atoms with Crippen molar-refractivity contribution in [1.82, 2.24) is 4.98 Å². The van der Waals surface area contributed by atoms with Crippen LogP contribution in [-0.2, 0) is 6.54 Å². The molecule has 0 saturated heterocycles. The van der Waals surface area contributed by atoms with Crippen LogP contribution in [0.25, 0.3) is 0 Å². The van der Waals surface area contributed by atoms with Gasteiger partial charge in [-0.3, -0.25) is 4.98 Å². The summed E-state index contributed by atoms with van der Waals surface area (Å²) in [5, 5.41) is 8.72. The molecule has 1 rings (SSSR count). The Bertz CT molecular complexity index is 387. The Morgan fingerprint density at radius 2 is 2.29 bits per heavy atom. The summed E-state index contributed by atoms with van der Waals surface area (Å²) >= 11 is 2.94. The maximum Gasteiger partial charge on any atom is 0.266 e. The van der Waals surface area contributed by atoms with Crippen LogP contribution in [0.1, 0.15) is 23.2 Å². The Morgan fingerprint density at radius 3 is 2.71 bits per heavy atom. The number of nitriles is 1. The van der Waals surface area contributed by atoms with E-state index >= 15 is 0 Å². The first kappa shape index (κ1) is 11.0. The Morgan fingerprint density at radius 1 is 1.64 bits per heavy atom. The molecule has 0 atom stereocenters. The van der Waals surface area contributed by atoms with Crippen molar-refractivity contribution in [2.75, 3.05) is 0 Å². The molecule has 0 radical (unpaired) electrons. The standard InChI is InChI=1S/C8H6BrF2N3/c9-7-4(1-12)6(2-13)14-3-5(7)8(10)11/h3,8H,2,13H2. The topological polar surface area (TPSA) is 62.7 Å². The van der Waals surface area contributed by atoms with E-state index in [1.54, 1.807) is 6.07 Å². The van der Waals surface area contributed by atoms with Gasteiger partial charge in [-0.05, 0) is 15.9 Å². The van der Waals surface area contributed by atoms with E-state index in [0.717, 1.165) is 6.20 Å². The first-order valence-electron chi connectivity index (χ1n) is 3.67. The fourth-order valence-corrected chi connectivity index (χ4v) is 1.55. The molecule has 0 aliphatic heterocycles. The van der Waals surface area contributed by atoms with Gasteiger partial charge in [0.1, 0.15) is 6.07 Å². The third-order valence-electron chi connectivity index (χ3n) is 1.66. The molecule has 0 bridgehead atoms. The van der Waals surface area contributed by atoms with Gasteiger partial charge >= 0.3 is 0 Å². The number of rotatable bonds is 2. The van der Waals surface area contributed by atoms with Gasteiger partial charge in [0.15, 0.2) is 0 Å². The van der Waals surface area contributed by atoms with Crippen molar-refractivity contribution in [2.45, 2.75) is 13.0 Å². The zero-order valence-electron chi connectivity index (χ0n) is 6.97. The fourth-order valence-electron chi connectivity index (χ4n) is 0.960. The first-order chi connectivity index (χ1) is 6.61. The number of hydrogen-bond donors (Lipinski definition) is 1. The second-order valence-corrected chi connectivity index (χ2v) is 3.26. The molecule has 0 unspecified atom stereocenters. The van der Waals surface area contributed by atoms with Crippen LogP contribution in [0.5, 0.6) is 0 Å². The average molecular weight is 262 g/mol. The van der Waals surface area contributed by atoms with Crippen LogP contribution < -0.4 is 5.73 Å². The molecule has 0 fully saturated rings. The number of nitrogens with two attached hydrogens (primary N) is 1. The Hall–Kier alpha value is -1.06. The molecule has 3 nitrogen and oxygen atoms in total. The molecular weight excluding hydrogens is 256 g/mol. The van der Waals surface area contributed by atoms with Crippen molar-refractivity contribution < 1.29 is 8.78 Å². The summed E-state index contributed by atoms with van der Waals surface area (Å²) in [6.07, 6.45) is -1.63. The van der Waals surface area contributed by atoms with Crippen molar-refractivity contribution in [2.24, 2.45) is 5.73 Å². The number of alkyl halides is 2. The van der Waals surface area contributed by atoms with Gasteiger partial charge in [0.05, 0.1) is 16.8 Å². The predicted molar refractivity (Wildman–Crippen MR) is 49.5 cm³/mol. The SMILES string of the molecule is N#Cc1c(CN)ncc(C(F)F)c1Br. The van der Waals surface area contributed by atoms with Gasteiger partial charge in [0.25, 0.3) is 6.43 Å². The van der Waals surface area contributed by atoms with E-state index < -0.39 is 6.43 Å². The maximum atomic E-state index is 12.4. The van der Waals surface area contributed by atoms with Crippen molar-refractivity contribution >= 4 is 15.9 Å². The van der Waals surface area contributed by atoms with E-state index in [1.807, 2.05) is 0 Å². The molecule has 14 heavy (non-hydrogen) atoms. The van der Waals surface area contributed by atoms with Gasteiger partial charge in [0.2, 0.25) is 0 Å². The van der Waals surface area contributed by atoms with Gasteiger partial charge in [-0.2, -0.15) is 5.26 Å². The minimum Gasteiger partial charge on any atom is -0.325 e. The van der Waals surface area contributed by atoms with Crippen LogP contribution >= 0.6 is 15.9 Å². The zero-order chi connectivity index (χ0) is 10.7. The monoisotopic (exact) mass is 261 g/mol. The van der Waals surface area contributed by atoms with Gasteiger partial charge in [-0.25, -0.2) is 8.78 Å². The summed E-state index contributed by atoms with van der Waals surface area (Å²) in [7, 11) is 0. The van der Waals surface area contributed by atoms with E-state index in [2.05, 4.69) is 20.9 Å². The van der Waals surface area contributed by atoms with Gasteiger partial charge in [-0.1, -0.05) is 0 Å². The molecule has 1 aromatic rings. The fraction of sp³-hybridized carbons (Fsp3) is 0.250. The molecule has 74 valence electrons. The summed E-state index contributed by atoms with van der Waals surface area (Å²) in [4.78, 5) is 3.69. The summed E-state index contributed by atoms with van der Waals surface area (Å²) in [6.45, 7) is 0.0466. The molecule has 6 heteroatoms. The van der Waals surface area contributed by atoms with E-state index in [-0.39, 0.29) is 22.1 Å². The molecule has 0 spiro atoms. The van der Waals surface area contributed by atoms with E-state index in [0.29, 0.717) is 5.69 Å². The molecular formula is C8H6BrF2N3. The van der Waals surface area contributed by atoms with Crippen molar-refractivity contribution in [1.29, 1.82) is 5.26 Å². The normalized spacial score (nSPS) is 10.3. The van der Waals surface area contributed by atoms with Crippen molar-refractivity contribution in [3.63, 3.8) is 0 Å². The Kier molecular flexibility index (Phi) is 3.49. The van der Waals surface area contributed by atoms with Crippen LogP contribution in [0.15, 0.2) is 10.7 Å². The largest absolute Gasteiger partial charge is 0.325 e. The number of aromatic nitrogens is 1. The second-order valence-electron chi connectivity index (χ2n) is 2.47. The zero-order valence-corrected chi connectivity index (χ0v) is 8.55. The van der Waals surface area contributed by atoms with Crippen LogP contribution in [0, 0.1) is 11.3 Å².